The molecule has 0 amide bonds. The first-order valence-electron chi connectivity index (χ1n) is 8.42. The van der Waals surface area contributed by atoms with Crippen molar-refractivity contribution in [2.24, 2.45) is 11.8 Å². The van der Waals surface area contributed by atoms with Crippen LogP contribution in [0.4, 0.5) is 0 Å². The van der Waals surface area contributed by atoms with Gasteiger partial charge in [0.2, 0.25) is 0 Å². The molecule has 3 unspecified atom stereocenters. The zero-order valence-electron chi connectivity index (χ0n) is 13.7. The van der Waals surface area contributed by atoms with Crippen molar-refractivity contribution in [3.05, 3.63) is 35.4 Å². The van der Waals surface area contributed by atoms with Gasteiger partial charge in [-0.1, -0.05) is 58.4 Å². The van der Waals surface area contributed by atoms with Crippen molar-refractivity contribution in [3.63, 3.8) is 0 Å². The van der Waals surface area contributed by atoms with Crippen LogP contribution in [0.3, 0.4) is 0 Å². The average molecular weight is 273 g/mol. The minimum Gasteiger partial charge on any atom is -0.317 e. The molecule has 1 aromatic rings. The maximum atomic E-state index is 3.56. The van der Waals surface area contributed by atoms with Crippen molar-refractivity contribution >= 4 is 0 Å². The van der Waals surface area contributed by atoms with E-state index in [1.807, 2.05) is 0 Å². The van der Waals surface area contributed by atoms with Crippen LogP contribution in [0.5, 0.6) is 0 Å². The van der Waals surface area contributed by atoms with E-state index >= 15 is 0 Å². The van der Waals surface area contributed by atoms with Gasteiger partial charge in [0.15, 0.2) is 0 Å². The van der Waals surface area contributed by atoms with Crippen LogP contribution in [-0.2, 0) is 0 Å². The van der Waals surface area contributed by atoms with Crippen LogP contribution >= 0.6 is 0 Å². The van der Waals surface area contributed by atoms with Crippen LogP contribution in [0.25, 0.3) is 0 Å². The van der Waals surface area contributed by atoms with Gasteiger partial charge >= 0.3 is 0 Å². The van der Waals surface area contributed by atoms with Crippen LogP contribution in [-0.4, -0.2) is 13.1 Å². The zero-order chi connectivity index (χ0) is 14.5. The Morgan fingerprint density at radius 2 is 1.85 bits per heavy atom. The minimum atomic E-state index is 0.631. The van der Waals surface area contributed by atoms with Gasteiger partial charge in [-0.15, -0.1) is 0 Å². The molecule has 1 aliphatic rings. The smallest absolute Gasteiger partial charge is 0.00148 e. The molecule has 0 radical (unpaired) electrons. The third-order valence-corrected chi connectivity index (χ3v) is 4.94. The summed E-state index contributed by atoms with van der Waals surface area (Å²) >= 11 is 0. The van der Waals surface area contributed by atoms with E-state index in [4.69, 9.17) is 0 Å². The van der Waals surface area contributed by atoms with Gasteiger partial charge in [-0.2, -0.15) is 0 Å². The Labute approximate surface area is 125 Å². The highest BCUT2D eigenvalue weighted by atomic mass is 14.8. The summed E-state index contributed by atoms with van der Waals surface area (Å²) in [4.78, 5) is 0. The van der Waals surface area contributed by atoms with E-state index < -0.39 is 0 Å². The Morgan fingerprint density at radius 1 is 1.15 bits per heavy atom. The quantitative estimate of drug-likeness (QED) is 0.801. The third-order valence-electron chi connectivity index (χ3n) is 4.94. The molecule has 1 nitrogen and oxygen atoms in total. The summed E-state index contributed by atoms with van der Waals surface area (Å²) in [6.07, 6.45) is 4.14. The number of rotatable bonds is 5. The third kappa shape index (κ3) is 3.85. The molecular formula is C19H31N. The summed E-state index contributed by atoms with van der Waals surface area (Å²) in [6.45, 7) is 11.4. The Morgan fingerprint density at radius 3 is 2.45 bits per heavy atom. The highest BCUT2D eigenvalue weighted by Gasteiger charge is 2.29. The van der Waals surface area contributed by atoms with E-state index in [1.54, 1.807) is 5.56 Å². The Bertz CT molecular complexity index is 391. The van der Waals surface area contributed by atoms with Gasteiger partial charge in [-0.05, 0) is 60.7 Å². The molecule has 3 atom stereocenters. The van der Waals surface area contributed by atoms with E-state index in [2.05, 4.69) is 57.3 Å². The maximum absolute atomic E-state index is 3.56. The first-order valence-corrected chi connectivity index (χ1v) is 8.42. The monoisotopic (exact) mass is 273 g/mol. The lowest BCUT2D eigenvalue weighted by molar-refractivity contribution is 0.242. The predicted octanol–water partition coefficient (Wildman–Crippen LogP) is 4.94. The number of hydrogen-bond acceptors (Lipinski definition) is 1. The van der Waals surface area contributed by atoms with E-state index in [0.717, 1.165) is 24.3 Å². The second kappa shape index (κ2) is 7.26. The summed E-state index contributed by atoms with van der Waals surface area (Å²) in [5.41, 5.74) is 3.02. The normalized spacial score (nSPS) is 26.9. The van der Waals surface area contributed by atoms with Crippen LogP contribution in [0.1, 0.15) is 69.9 Å². The predicted molar refractivity (Wildman–Crippen MR) is 88.3 cm³/mol. The number of nitrogens with one attached hydrogen (secondary N) is 1. The fourth-order valence-electron chi connectivity index (χ4n) is 3.55. The minimum absolute atomic E-state index is 0.631. The van der Waals surface area contributed by atoms with E-state index in [1.165, 1.54) is 31.4 Å². The second-order valence-corrected chi connectivity index (χ2v) is 6.91. The van der Waals surface area contributed by atoms with Crippen LogP contribution in [0.2, 0.25) is 0 Å². The number of benzene rings is 1. The summed E-state index contributed by atoms with van der Waals surface area (Å²) in [7, 11) is 0. The van der Waals surface area contributed by atoms with E-state index in [-0.39, 0.29) is 0 Å². The van der Waals surface area contributed by atoms with Crippen molar-refractivity contribution < 1.29 is 0 Å². The molecule has 0 saturated heterocycles. The zero-order valence-corrected chi connectivity index (χ0v) is 13.7. The lowest BCUT2D eigenvalue weighted by atomic mass is 9.71. The lowest BCUT2D eigenvalue weighted by Gasteiger charge is -2.35. The average Bonchev–Trinajstić information content (AvgIpc) is 2.46. The van der Waals surface area contributed by atoms with Crippen molar-refractivity contribution in [3.8, 4) is 0 Å². The first kappa shape index (κ1) is 15.6. The van der Waals surface area contributed by atoms with Crippen molar-refractivity contribution in [2.75, 3.05) is 13.1 Å². The van der Waals surface area contributed by atoms with Crippen molar-refractivity contribution in [1.82, 2.24) is 5.32 Å². The van der Waals surface area contributed by atoms with Gasteiger partial charge in [-0.25, -0.2) is 0 Å². The van der Waals surface area contributed by atoms with Gasteiger partial charge in [0, 0.05) is 0 Å². The van der Waals surface area contributed by atoms with Gasteiger partial charge in [0.25, 0.3) is 0 Å². The van der Waals surface area contributed by atoms with Crippen molar-refractivity contribution in [2.45, 2.75) is 58.8 Å². The van der Waals surface area contributed by atoms with Gasteiger partial charge in [-0.3, -0.25) is 0 Å². The molecule has 1 heteroatoms. The molecule has 0 aromatic heterocycles. The van der Waals surface area contributed by atoms with Crippen LogP contribution in [0.15, 0.2) is 24.3 Å². The largest absolute Gasteiger partial charge is 0.317 e. The Kier molecular flexibility index (Phi) is 5.65. The molecule has 0 aliphatic heterocycles. The molecule has 0 bridgehead atoms. The topological polar surface area (TPSA) is 12.0 Å². The summed E-state index contributed by atoms with van der Waals surface area (Å²) in [5, 5.41) is 3.56. The molecule has 0 spiro atoms. The lowest BCUT2D eigenvalue weighted by Crippen LogP contribution is -2.31. The highest BCUT2D eigenvalue weighted by Crippen LogP contribution is 2.40. The molecule has 0 heterocycles. The molecule has 1 fully saturated rings. The van der Waals surface area contributed by atoms with E-state index in [9.17, 15) is 0 Å². The fourth-order valence-corrected chi connectivity index (χ4v) is 3.55. The second-order valence-electron chi connectivity index (χ2n) is 6.91. The van der Waals surface area contributed by atoms with Crippen molar-refractivity contribution in [1.29, 1.82) is 0 Å². The molecule has 1 N–H and O–H groups in total. The van der Waals surface area contributed by atoms with Gasteiger partial charge in [0.05, 0.1) is 0 Å². The fraction of sp³-hybridized carbons (Fsp3) is 0.684. The summed E-state index contributed by atoms with van der Waals surface area (Å²) < 4.78 is 0. The molecular weight excluding hydrogens is 242 g/mol. The SMILES string of the molecule is CCNCC1CCC(C)CC1c1ccc(C(C)C)cc1. The standard InChI is InChI=1S/C19H31N/c1-5-20-13-18-7-6-15(4)12-19(18)17-10-8-16(9-11-17)14(2)3/h8-11,14-15,18-20H,5-7,12-13H2,1-4H3. The molecule has 20 heavy (non-hydrogen) atoms. The number of hydrogen-bond donors (Lipinski definition) is 1. The molecule has 1 saturated carbocycles. The van der Waals surface area contributed by atoms with Gasteiger partial charge < -0.3 is 5.32 Å². The highest BCUT2D eigenvalue weighted by molar-refractivity contribution is 5.28. The maximum Gasteiger partial charge on any atom is -0.00148 e. The molecule has 112 valence electrons. The molecule has 2 rings (SSSR count). The molecule has 1 aliphatic carbocycles. The van der Waals surface area contributed by atoms with Crippen LogP contribution < -0.4 is 5.32 Å². The first-order chi connectivity index (χ1) is 9.61. The Hall–Kier alpha value is -0.820. The summed E-state index contributed by atoms with van der Waals surface area (Å²) in [5.74, 6) is 3.07. The molecule has 1 aromatic carbocycles. The Balaban J connectivity index is 2.12. The summed E-state index contributed by atoms with van der Waals surface area (Å²) in [6, 6.07) is 9.45. The van der Waals surface area contributed by atoms with Crippen LogP contribution in [0, 0.1) is 11.8 Å². The van der Waals surface area contributed by atoms with Gasteiger partial charge in [0.1, 0.15) is 0 Å². The van der Waals surface area contributed by atoms with E-state index in [0.29, 0.717) is 5.92 Å².